The first-order valence-corrected chi connectivity index (χ1v) is 9.27. The summed E-state index contributed by atoms with van der Waals surface area (Å²) >= 11 is 6.30. The molecule has 1 aliphatic carbocycles. The lowest BCUT2D eigenvalue weighted by molar-refractivity contribution is -0.129. The van der Waals surface area contributed by atoms with Gasteiger partial charge >= 0.3 is 5.97 Å². The Bertz CT molecular complexity index is 845. The number of carbonyl (C=O) groups excluding carboxylic acids is 2. The second kappa shape index (κ2) is 8.08. The van der Waals surface area contributed by atoms with Crippen LogP contribution in [0.15, 0.2) is 24.3 Å². The Kier molecular flexibility index (Phi) is 5.79. The number of rotatable bonds is 5. The number of nitrogens with zero attached hydrogens (tertiary/aromatic N) is 2. The van der Waals surface area contributed by atoms with Crippen molar-refractivity contribution < 1.29 is 18.7 Å². The summed E-state index contributed by atoms with van der Waals surface area (Å²) in [6.45, 7) is 3.14. The Balaban J connectivity index is 1.72. The number of benzene rings is 1. The van der Waals surface area contributed by atoms with Crippen molar-refractivity contribution in [3.8, 4) is 5.69 Å². The Hall–Kier alpha value is -2.41. The predicted molar refractivity (Wildman–Crippen MR) is 98.5 cm³/mol. The fourth-order valence-electron chi connectivity index (χ4n) is 3.15. The van der Waals surface area contributed by atoms with E-state index < -0.39 is 12.1 Å². The minimum atomic E-state index is -0.942. The maximum atomic E-state index is 13.1. The molecule has 1 N–H and O–H groups in total. The van der Waals surface area contributed by atoms with Gasteiger partial charge in [0.1, 0.15) is 16.5 Å². The molecule has 8 heteroatoms. The third kappa shape index (κ3) is 4.30. The molecule has 0 saturated heterocycles. The molecule has 1 aliphatic rings. The van der Waals surface area contributed by atoms with Gasteiger partial charge in [-0.1, -0.05) is 24.4 Å². The molecule has 0 unspecified atom stereocenters. The van der Waals surface area contributed by atoms with E-state index in [9.17, 15) is 14.0 Å². The summed E-state index contributed by atoms with van der Waals surface area (Å²) in [7, 11) is 0. The van der Waals surface area contributed by atoms with E-state index in [1.54, 1.807) is 6.92 Å². The van der Waals surface area contributed by atoms with E-state index in [1.807, 2.05) is 0 Å². The highest BCUT2D eigenvalue weighted by atomic mass is 35.5. The van der Waals surface area contributed by atoms with Crippen LogP contribution in [0.2, 0.25) is 5.15 Å². The summed E-state index contributed by atoms with van der Waals surface area (Å²) in [6.07, 6.45) is 3.14. The van der Waals surface area contributed by atoms with Crippen molar-refractivity contribution in [1.82, 2.24) is 15.1 Å². The minimum Gasteiger partial charge on any atom is -0.449 e. The second-order valence-electron chi connectivity index (χ2n) is 6.68. The predicted octanol–water partition coefficient (Wildman–Crippen LogP) is 3.58. The van der Waals surface area contributed by atoms with Crippen LogP contribution in [0.4, 0.5) is 4.39 Å². The second-order valence-corrected chi connectivity index (χ2v) is 7.03. The van der Waals surface area contributed by atoms with Gasteiger partial charge in [-0.15, -0.1) is 0 Å². The molecule has 1 saturated carbocycles. The third-order valence-electron chi connectivity index (χ3n) is 4.63. The van der Waals surface area contributed by atoms with Gasteiger partial charge in [-0.05, 0) is 51.0 Å². The highest BCUT2D eigenvalue weighted by Crippen LogP contribution is 2.25. The molecule has 0 aliphatic heterocycles. The van der Waals surface area contributed by atoms with E-state index >= 15 is 0 Å². The van der Waals surface area contributed by atoms with Crippen LogP contribution in [0.5, 0.6) is 0 Å². The zero-order valence-electron chi connectivity index (χ0n) is 15.2. The number of aryl methyl sites for hydroxylation is 1. The van der Waals surface area contributed by atoms with Gasteiger partial charge in [0.2, 0.25) is 0 Å². The molecule has 1 aromatic heterocycles. The molecule has 0 bridgehead atoms. The van der Waals surface area contributed by atoms with Crippen LogP contribution >= 0.6 is 11.6 Å². The molecular weight excluding hydrogens is 373 g/mol. The summed E-state index contributed by atoms with van der Waals surface area (Å²) in [5.41, 5.74) is 0.954. The average molecular weight is 394 g/mol. The number of hydrogen-bond donors (Lipinski definition) is 1. The van der Waals surface area contributed by atoms with Gasteiger partial charge in [-0.3, -0.25) is 4.79 Å². The molecule has 2 aromatic rings. The maximum absolute atomic E-state index is 13.1. The number of ether oxygens (including phenoxy) is 1. The Morgan fingerprint density at radius 1 is 1.30 bits per heavy atom. The van der Waals surface area contributed by atoms with Crippen LogP contribution in [0.25, 0.3) is 5.69 Å². The Morgan fingerprint density at radius 2 is 1.93 bits per heavy atom. The van der Waals surface area contributed by atoms with Crippen molar-refractivity contribution >= 4 is 23.5 Å². The summed E-state index contributed by atoms with van der Waals surface area (Å²) < 4.78 is 19.7. The minimum absolute atomic E-state index is 0.0486. The summed E-state index contributed by atoms with van der Waals surface area (Å²) in [6, 6.07) is 5.69. The molecule has 1 atom stereocenters. The van der Waals surface area contributed by atoms with Gasteiger partial charge in [0.05, 0.1) is 11.4 Å². The SMILES string of the molecule is Cc1nn(-c2ccc(F)cc2)c(Cl)c1C(=O)O[C@H](C)C(=O)NC1CCCC1. The lowest BCUT2D eigenvalue weighted by Gasteiger charge is -2.17. The van der Waals surface area contributed by atoms with E-state index in [0.717, 1.165) is 25.7 Å². The maximum Gasteiger partial charge on any atom is 0.344 e. The highest BCUT2D eigenvalue weighted by molar-refractivity contribution is 6.33. The van der Waals surface area contributed by atoms with Crippen molar-refractivity contribution in [1.29, 1.82) is 0 Å². The number of amides is 1. The molecule has 1 heterocycles. The van der Waals surface area contributed by atoms with Crippen molar-refractivity contribution in [3.63, 3.8) is 0 Å². The topological polar surface area (TPSA) is 73.2 Å². The lowest BCUT2D eigenvalue weighted by Crippen LogP contribution is -2.40. The zero-order chi connectivity index (χ0) is 19.6. The van der Waals surface area contributed by atoms with E-state index in [-0.39, 0.29) is 28.5 Å². The monoisotopic (exact) mass is 393 g/mol. The van der Waals surface area contributed by atoms with Crippen molar-refractivity contribution in [2.45, 2.75) is 51.7 Å². The molecule has 27 heavy (non-hydrogen) atoms. The molecule has 3 rings (SSSR count). The average Bonchev–Trinajstić information content (AvgIpc) is 3.23. The number of aromatic nitrogens is 2. The first-order valence-electron chi connectivity index (χ1n) is 8.89. The molecule has 0 spiro atoms. The van der Waals surface area contributed by atoms with Gasteiger partial charge in [-0.25, -0.2) is 13.9 Å². The lowest BCUT2D eigenvalue weighted by atomic mass is 10.2. The Morgan fingerprint density at radius 3 is 2.56 bits per heavy atom. The number of carbonyl (C=O) groups is 2. The summed E-state index contributed by atoms with van der Waals surface area (Å²) in [5, 5.41) is 7.17. The van der Waals surface area contributed by atoms with E-state index in [4.69, 9.17) is 16.3 Å². The van der Waals surface area contributed by atoms with E-state index in [2.05, 4.69) is 10.4 Å². The molecule has 144 valence electrons. The molecule has 0 radical (unpaired) electrons. The first-order chi connectivity index (χ1) is 12.9. The quantitative estimate of drug-likeness (QED) is 0.788. The first kappa shape index (κ1) is 19.4. The van der Waals surface area contributed by atoms with E-state index in [1.165, 1.54) is 35.9 Å². The van der Waals surface area contributed by atoms with Crippen molar-refractivity contribution in [3.05, 3.63) is 46.5 Å². The summed E-state index contributed by atoms with van der Waals surface area (Å²) in [4.78, 5) is 24.8. The van der Waals surface area contributed by atoms with Gasteiger partial charge in [0.15, 0.2) is 6.10 Å². The smallest absolute Gasteiger partial charge is 0.344 e. The van der Waals surface area contributed by atoms with Gasteiger partial charge < -0.3 is 10.1 Å². The van der Waals surface area contributed by atoms with Gasteiger partial charge in [-0.2, -0.15) is 5.10 Å². The van der Waals surface area contributed by atoms with Crippen LogP contribution in [0, 0.1) is 12.7 Å². The number of nitrogens with one attached hydrogen (secondary N) is 1. The molecule has 1 fully saturated rings. The van der Waals surface area contributed by atoms with Crippen LogP contribution in [-0.4, -0.2) is 33.8 Å². The number of halogens is 2. The Labute approximate surface area is 161 Å². The highest BCUT2D eigenvalue weighted by Gasteiger charge is 2.27. The fourth-order valence-corrected chi connectivity index (χ4v) is 3.50. The van der Waals surface area contributed by atoms with Gasteiger partial charge in [0, 0.05) is 6.04 Å². The van der Waals surface area contributed by atoms with Crippen molar-refractivity contribution in [2.75, 3.05) is 0 Å². The van der Waals surface area contributed by atoms with Crippen LogP contribution in [-0.2, 0) is 9.53 Å². The molecule has 6 nitrogen and oxygen atoms in total. The van der Waals surface area contributed by atoms with E-state index in [0.29, 0.717) is 11.4 Å². The fraction of sp³-hybridized carbons (Fsp3) is 0.421. The van der Waals surface area contributed by atoms with Gasteiger partial charge in [0.25, 0.3) is 5.91 Å². The van der Waals surface area contributed by atoms with Crippen molar-refractivity contribution in [2.24, 2.45) is 0 Å². The van der Waals surface area contributed by atoms with Crippen LogP contribution in [0.3, 0.4) is 0 Å². The molecular formula is C19H21ClFN3O3. The third-order valence-corrected chi connectivity index (χ3v) is 4.98. The number of esters is 1. The largest absolute Gasteiger partial charge is 0.449 e. The molecule has 1 aromatic carbocycles. The van der Waals surface area contributed by atoms with Crippen LogP contribution in [0.1, 0.15) is 48.7 Å². The zero-order valence-corrected chi connectivity index (χ0v) is 15.9. The standard InChI is InChI=1S/C19H21ClFN3O3/c1-11-16(17(20)24(23-11)15-9-7-13(21)8-10-15)19(26)27-12(2)18(25)22-14-5-3-4-6-14/h7-10,12,14H,3-6H2,1-2H3,(H,22,25)/t12-/m1/s1. The normalized spacial score (nSPS) is 15.6. The number of hydrogen-bond acceptors (Lipinski definition) is 4. The summed E-state index contributed by atoms with van der Waals surface area (Å²) in [5.74, 6) is -1.43. The molecule has 1 amide bonds. The van der Waals surface area contributed by atoms with Crippen LogP contribution < -0.4 is 5.32 Å².